The van der Waals surface area contributed by atoms with Gasteiger partial charge in [0.05, 0.1) is 6.61 Å². The number of benzene rings is 2. The van der Waals surface area contributed by atoms with Crippen LogP contribution in [0.5, 0.6) is 5.75 Å². The number of nitrogens with one attached hydrogen (secondary N) is 1. The van der Waals surface area contributed by atoms with Gasteiger partial charge in [-0.05, 0) is 81.3 Å². The number of nitrogens with zero attached hydrogens (tertiary/aromatic N) is 2. The molecule has 0 aliphatic carbocycles. The van der Waals surface area contributed by atoms with Crippen LogP contribution in [-0.2, 0) is 0 Å². The van der Waals surface area contributed by atoms with E-state index in [-0.39, 0.29) is 5.91 Å². The van der Waals surface area contributed by atoms with Gasteiger partial charge in [0.25, 0.3) is 5.91 Å². The lowest BCUT2D eigenvalue weighted by atomic mass is 10.0. The van der Waals surface area contributed by atoms with E-state index in [2.05, 4.69) is 44.3 Å². The Morgan fingerprint density at radius 3 is 2.38 bits per heavy atom. The number of fused-ring (bicyclic) bond motifs is 1. The normalized spacial score (nSPS) is 11.0. The summed E-state index contributed by atoms with van der Waals surface area (Å²) >= 11 is 0. The summed E-state index contributed by atoms with van der Waals surface area (Å²) in [6, 6.07) is 17.6. The molecule has 164 valence electrons. The van der Waals surface area contributed by atoms with Crippen LogP contribution in [0, 0.1) is 20.8 Å². The van der Waals surface area contributed by atoms with E-state index in [1.807, 2.05) is 41.8 Å². The molecule has 0 radical (unpaired) electrons. The number of anilines is 1. The van der Waals surface area contributed by atoms with Crippen molar-refractivity contribution >= 4 is 17.4 Å². The molecule has 4 rings (SSSR count). The summed E-state index contributed by atoms with van der Waals surface area (Å²) in [7, 11) is 0. The van der Waals surface area contributed by atoms with E-state index in [9.17, 15) is 4.79 Å². The lowest BCUT2D eigenvalue weighted by molar-refractivity contribution is 0.102. The van der Waals surface area contributed by atoms with Crippen LogP contribution in [0.3, 0.4) is 0 Å². The predicted molar refractivity (Wildman–Crippen MR) is 130 cm³/mol. The molecule has 1 amide bonds. The molecule has 2 heterocycles. The van der Waals surface area contributed by atoms with E-state index in [1.165, 1.54) is 0 Å². The number of ether oxygens (including phenoxy) is 1. The molecule has 0 aliphatic rings. The molecule has 0 spiro atoms. The number of hydrogen-bond donors (Lipinski definition) is 1. The molecule has 0 aliphatic heterocycles. The highest BCUT2D eigenvalue weighted by Crippen LogP contribution is 2.31. The average molecular weight is 428 g/mol. The number of rotatable bonds is 7. The third-order valence-corrected chi connectivity index (χ3v) is 5.39. The van der Waals surface area contributed by atoms with Crippen molar-refractivity contribution in [2.24, 2.45) is 0 Å². The molecule has 0 atom stereocenters. The second kappa shape index (κ2) is 9.27. The van der Waals surface area contributed by atoms with Crippen LogP contribution >= 0.6 is 0 Å². The Hall–Kier alpha value is -3.60. The molecule has 0 saturated heterocycles. The number of carbonyl (C=O) groups is 1. The molecular weight excluding hydrogens is 398 g/mol. The minimum Gasteiger partial charge on any atom is -0.494 e. The van der Waals surface area contributed by atoms with Gasteiger partial charge in [0.15, 0.2) is 0 Å². The topological polar surface area (TPSA) is 55.6 Å². The lowest BCUT2D eigenvalue weighted by Gasteiger charge is -2.10. The summed E-state index contributed by atoms with van der Waals surface area (Å²) in [5.41, 5.74) is 6.55. The fraction of sp³-hybridized carbons (Fsp3) is 0.259. The zero-order valence-corrected chi connectivity index (χ0v) is 19.1. The number of carbonyl (C=O) groups excluding carboxylic acids is 1. The summed E-state index contributed by atoms with van der Waals surface area (Å²) in [5.74, 6) is 1.26. The van der Waals surface area contributed by atoms with Gasteiger partial charge in [-0.3, -0.25) is 9.20 Å². The van der Waals surface area contributed by atoms with Crippen molar-refractivity contribution in [1.29, 1.82) is 0 Å². The Kier molecular flexibility index (Phi) is 6.26. The van der Waals surface area contributed by atoms with Crippen molar-refractivity contribution in [1.82, 2.24) is 9.38 Å². The Balaban J connectivity index is 1.68. The maximum Gasteiger partial charge on any atom is 0.256 e. The predicted octanol–water partition coefficient (Wildman–Crippen LogP) is 6.36. The van der Waals surface area contributed by atoms with Gasteiger partial charge in [-0.15, -0.1) is 0 Å². The number of aromatic nitrogens is 2. The van der Waals surface area contributed by atoms with Gasteiger partial charge in [0.1, 0.15) is 22.9 Å². The van der Waals surface area contributed by atoms with Crippen molar-refractivity contribution < 1.29 is 9.53 Å². The van der Waals surface area contributed by atoms with E-state index < -0.39 is 0 Å². The maximum absolute atomic E-state index is 13.1. The fourth-order valence-electron chi connectivity index (χ4n) is 3.80. The minimum absolute atomic E-state index is 0.182. The Labute approximate surface area is 189 Å². The second-order valence-corrected chi connectivity index (χ2v) is 8.30. The van der Waals surface area contributed by atoms with Crippen LogP contribution < -0.4 is 10.1 Å². The fourth-order valence-corrected chi connectivity index (χ4v) is 3.80. The highest BCUT2D eigenvalue weighted by atomic mass is 16.5. The Bertz CT molecular complexity index is 1240. The minimum atomic E-state index is -0.182. The van der Waals surface area contributed by atoms with Crippen LogP contribution in [0.4, 0.5) is 5.82 Å². The molecule has 32 heavy (non-hydrogen) atoms. The zero-order chi connectivity index (χ0) is 22.7. The van der Waals surface area contributed by atoms with Gasteiger partial charge in [-0.25, -0.2) is 4.98 Å². The van der Waals surface area contributed by atoms with Crippen molar-refractivity contribution in [3.8, 4) is 17.0 Å². The Morgan fingerprint density at radius 2 is 1.69 bits per heavy atom. The molecule has 2 aromatic heterocycles. The smallest absolute Gasteiger partial charge is 0.256 e. The van der Waals surface area contributed by atoms with E-state index in [4.69, 9.17) is 9.72 Å². The third-order valence-electron chi connectivity index (χ3n) is 5.39. The number of pyridine rings is 1. The lowest BCUT2D eigenvalue weighted by Crippen LogP contribution is -2.14. The molecule has 0 bridgehead atoms. The molecule has 0 unspecified atom stereocenters. The number of aryl methyl sites for hydroxylation is 3. The SMILES string of the molecule is CCCCOc1ccc(C(=O)Nc2c(-c3cc(C)cc(C)c3)nc3cc(C)ccn23)cc1. The first-order chi connectivity index (χ1) is 15.4. The monoisotopic (exact) mass is 427 g/mol. The van der Waals surface area contributed by atoms with Gasteiger partial charge in [0, 0.05) is 17.3 Å². The first-order valence-corrected chi connectivity index (χ1v) is 11.1. The van der Waals surface area contributed by atoms with Crippen molar-refractivity contribution in [2.45, 2.75) is 40.5 Å². The molecule has 2 aromatic carbocycles. The van der Waals surface area contributed by atoms with Crippen LogP contribution in [-0.4, -0.2) is 21.9 Å². The molecular formula is C27H29N3O2. The third kappa shape index (κ3) is 4.67. The number of hydrogen-bond acceptors (Lipinski definition) is 3. The largest absolute Gasteiger partial charge is 0.494 e. The summed E-state index contributed by atoms with van der Waals surface area (Å²) in [6.07, 6.45) is 4.05. The van der Waals surface area contributed by atoms with E-state index >= 15 is 0 Å². The van der Waals surface area contributed by atoms with Crippen LogP contribution in [0.1, 0.15) is 46.8 Å². The molecule has 0 fully saturated rings. The van der Waals surface area contributed by atoms with E-state index in [1.54, 1.807) is 12.1 Å². The summed E-state index contributed by atoms with van der Waals surface area (Å²) < 4.78 is 7.64. The van der Waals surface area contributed by atoms with Gasteiger partial charge < -0.3 is 10.1 Å². The van der Waals surface area contributed by atoms with Crippen LogP contribution in [0.25, 0.3) is 16.9 Å². The van der Waals surface area contributed by atoms with Gasteiger partial charge in [-0.1, -0.05) is 30.5 Å². The highest BCUT2D eigenvalue weighted by Gasteiger charge is 2.18. The molecule has 5 nitrogen and oxygen atoms in total. The average Bonchev–Trinajstić information content (AvgIpc) is 3.11. The van der Waals surface area contributed by atoms with E-state index in [0.717, 1.165) is 52.2 Å². The van der Waals surface area contributed by atoms with E-state index in [0.29, 0.717) is 18.0 Å². The number of unbranched alkanes of at least 4 members (excludes halogenated alkanes) is 1. The highest BCUT2D eigenvalue weighted by molar-refractivity contribution is 6.05. The van der Waals surface area contributed by atoms with Gasteiger partial charge >= 0.3 is 0 Å². The zero-order valence-electron chi connectivity index (χ0n) is 19.1. The molecule has 1 N–H and O–H groups in total. The van der Waals surface area contributed by atoms with Gasteiger partial charge in [-0.2, -0.15) is 0 Å². The van der Waals surface area contributed by atoms with Gasteiger partial charge in [0.2, 0.25) is 0 Å². The Morgan fingerprint density at radius 1 is 0.969 bits per heavy atom. The summed E-state index contributed by atoms with van der Waals surface area (Å²) in [6.45, 7) is 8.98. The first kappa shape index (κ1) is 21.6. The standard InChI is InChI=1S/C27H29N3O2/c1-5-6-13-32-23-9-7-21(8-10-23)27(31)29-26-25(22-15-19(3)14-20(4)16-22)28-24-17-18(2)11-12-30(24)26/h7-12,14-17H,5-6,13H2,1-4H3,(H,29,31). The maximum atomic E-state index is 13.1. The second-order valence-electron chi connectivity index (χ2n) is 8.30. The quantitative estimate of drug-likeness (QED) is 0.349. The van der Waals surface area contributed by atoms with Crippen molar-refractivity contribution in [3.05, 3.63) is 83.0 Å². The summed E-state index contributed by atoms with van der Waals surface area (Å²) in [5, 5.41) is 3.10. The first-order valence-electron chi connectivity index (χ1n) is 11.1. The van der Waals surface area contributed by atoms with Crippen molar-refractivity contribution in [2.75, 3.05) is 11.9 Å². The van der Waals surface area contributed by atoms with Crippen LogP contribution in [0.2, 0.25) is 0 Å². The van der Waals surface area contributed by atoms with Crippen LogP contribution in [0.15, 0.2) is 60.8 Å². The molecule has 5 heteroatoms. The molecule has 4 aromatic rings. The number of amides is 1. The number of imidazole rings is 1. The van der Waals surface area contributed by atoms with Crippen molar-refractivity contribution in [3.63, 3.8) is 0 Å². The summed E-state index contributed by atoms with van der Waals surface area (Å²) in [4.78, 5) is 18.0. The molecule has 0 saturated carbocycles.